The minimum Gasteiger partial charge on any atom is -0.481 e. The Morgan fingerprint density at radius 3 is 2.90 bits per heavy atom. The molecule has 0 aromatic carbocycles. The minimum absolute atomic E-state index is 0.0401. The van der Waals surface area contributed by atoms with E-state index in [1.807, 2.05) is 0 Å². The summed E-state index contributed by atoms with van der Waals surface area (Å²) in [6.45, 7) is 3.83. The lowest BCUT2D eigenvalue weighted by Gasteiger charge is -2.26. The Hall–Kier alpha value is -1.45. The lowest BCUT2D eigenvalue weighted by Crippen LogP contribution is -2.36. The van der Waals surface area contributed by atoms with E-state index in [2.05, 4.69) is 20.2 Å². The first-order valence-electron chi connectivity index (χ1n) is 6.38. The molecule has 8 nitrogen and oxygen atoms in total. The molecule has 1 aromatic rings. The van der Waals surface area contributed by atoms with E-state index in [4.69, 9.17) is 9.84 Å². The van der Waals surface area contributed by atoms with Crippen molar-refractivity contribution in [3.05, 3.63) is 5.82 Å². The zero-order valence-electron chi connectivity index (χ0n) is 10.9. The maximum atomic E-state index is 10.8. The molecule has 1 saturated heterocycles. The predicted octanol–water partition coefficient (Wildman–Crippen LogP) is -0.105. The van der Waals surface area contributed by atoms with Gasteiger partial charge in [0.25, 0.3) is 0 Å². The van der Waals surface area contributed by atoms with E-state index >= 15 is 0 Å². The smallest absolute Gasteiger partial charge is 0.309 e. The summed E-state index contributed by atoms with van der Waals surface area (Å²) in [6, 6.07) is 0. The summed E-state index contributed by atoms with van der Waals surface area (Å²) in [5.41, 5.74) is 0.637. The van der Waals surface area contributed by atoms with Crippen molar-refractivity contribution in [2.75, 3.05) is 32.1 Å². The molecule has 0 atom stereocenters. The fourth-order valence-corrected chi connectivity index (χ4v) is 2.95. The first-order valence-corrected chi connectivity index (χ1v) is 7.36. The van der Waals surface area contributed by atoms with Crippen LogP contribution in [0.25, 0.3) is 0 Å². The average Bonchev–Trinajstić information content (AvgIpc) is 2.82. The van der Waals surface area contributed by atoms with Gasteiger partial charge in [-0.15, -0.1) is 10.2 Å². The largest absolute Gasteiger partial charge is 0.481 e. The number of carboxylic acids is 1. The van der Waals surface area contributed by atoms with Crippen LogP contribution in [-0.4, -0.2) is 68.6 Å². The Balaban J connectivity index is 1.76. The Kier molecular flexibility index (Phi) is 3.99. The summed E-state index contributed by atoms with van der Waals surface area (Å²) in [6.07, 6.45) is -0.0401. The summed E-state index contributed by atoms with van der Waals surface area (Å²) in [5, 5.41) is 22.2. The first-order chi connectivity index (χ1) is 9.72. The van der Waals surface area contributed by atoms with Gasteiger partial charge in [0.2, 0.25) is 5.16 Å². The Morgan fingerprint density at radius 2 is 2.15 bits per heavy atom. The van der Waals surface area contributed by atoms with E-state index in [1.54, 1.807) is 4.68 Å². The molecule has 0 amide bonds. The third kappa shape index (κ3) is 3.00. The molecule has 0 unspecified atom stereocenters. The van der Waals surface area contributed by atoms with E-state index in [1.165, 1.54) is 11.8 Å². The minimum atomic E-state index is -0.865. The van der Waals surface area contributed by atoms with E-state index < -0.39 is 5.97 Å². The average molecular weight is 297 g/mol. The number of rotatable bonds is 4. The molecule has 0 aliphatic carbocycles. The first kappa shape index (κ1) is 13.5. The van der Waals surface area contributed by atoms with Crippen LogP contribution in [0.15, 0.2) is 10.3 Å². The molecule has 9 heteroatoms. The monoisotopic (exact) mass is 297 g/mol. The topological polar surface area (TPSA) is 92.8 Å². The summed E-state index contributed by atoms with van der Waals surface area (Å²) < 4.78 is 6.98. The predicted molar refractivity (Wildman–Crippen MR) is 71.9 cm³/mol. The molecular formula is C11H15N5O3S. The van der Waals surface area contributed by atoms with Gasteiger partial charge in [-0.3, -0.25) is 9.69 Å². The Bertz CT molecular complexity index is 538. The van der Waals surface area contributed by atoms with Crippen LogP contribution in [0.5, 0.6) is 0 Å². The van der Waals surface area contributed by atoms with Gasteiger partial charge >= 0.3 is 5.97 Å². The van der Waals surface area contributed by atoms with Crippen molar-refractivity contribution in [1.82, 2.24) is 19.8 Å². The lowest BCUT2D eigenvalue weighted by atomic mass is 10.3. The summed E-state index contributed by atoms with van der Waals surface area (Å²) >= 11 is 1.47. The second-order valence-electron chi connectivity index (χ2n) is 4.62. The summed E-state index contributed by atoms with van der Waals surface area (Å²) in [7, 11) is 0. The van der Waals surface area contributed by atoms with Gasteiger partial charge in [0, 0.05) is 18.8 Å². The number of carboxylic acid groups (broad SMARTS) is 1. The molecule has 1 aromatic heterocycles. The number of fused-ring (bicyclic) bond motifs is 1. The van der Waals surface area contributed by atoms with Crippen molar-refractivity contribution in [3.8, 4) is 0 Å². The molecule has 1 N–H and O–H groups in total. The maximum absolute atomic E-state index is 10.8. The van der Waals surface area contributed by atoms with E-state index in [0.717, 1.165) is 37.3 Å². The van der Waals surface area contributed by atoms with E-state index in [9.17, 15) is 4.79 Å². The quantitative estimate of drug-likeness (QED) is 0.829. The van der Waals surface area contributed by atoms with Crippen LogP contribution in [0.4, 0.5) is 0 Å². The zero-order chi connectivity index (χ0) is 13.9. The molecule has 1 fully saturated rings. The van der Waals surface area contributed by atoms with Gasteiger partial charge in [-0.05, 0) is 0 Å². The van der Waals surface area contributed by atoms with Crippen molar-refractivity contribution >= 4 is 23.4 Å². The molecule has 3 rings (SSSR count). The molecule has 0 spiro atoms. The number of aromatic nitrogens is 3. The highest BCUT2D eigenvalue weighted by molar-refractivity contribution is 7.99. The molecule has 3 heterocycles. The van der Waals surface area contributed by atoms with Gasteiger partial charge in [-0.2, -0.15) is 9.78 Å². The second-order valence-corrected chi connectivity index (χ2v) is 5.57. The summed E-state index contributed by atoms with van der Waals surface area (Å²) in [5.74, 6) is 0.440. The number of morpholine rings is 1. The standard InChI is InChI=1S/C11H15N5O3S/c17-10(18)5-8-7-20-11-13-12-9(16(11)14-8)6-15-1-3-19-4-2-15/h1-7H2,(H,17,18). The van der Waals surface area contributed by atoms with E-state index in [-0.39, 0.29) is 6.42 Å². The van der Waals surface area contributed by atoms with Crippen LogP contribution in [-0.2, 0) is 16.1 Å². The third-order valence-electron chi connectivity index (χ3n) is 3.11. The number of ether oxygens (including phenoxy) is 1. The maximum Gasteiger partial charge on any atom is 0.309 e. The highest BCUT2D eigenvalue weighted by Gasteiger charge is 2.22. The van der Waals surface area contributed by atoms with Gasteiger partial charge < -0.3 is 9.84 Å². The molecule has 0 radical (unpaired) electrons. The van der Waals surface area contributed by atoms with Crippen LogP contribution in [0.3, 0.4) is 0 Å². The fourth-order valence-electron chi connectivity index (χ4n) is 2.12. The van der Waals surface area contributed by atoms with Crippen molar-refractivity contribution in [1.29, 1.82) is 0 Å². The molecule has 20 heavy (non-hydrogen) atoms. The Morgan fingerprint density at radius 1 is 1.35 bits per heavy atom. The molecule has 108 valence electrons. The van der Waals surface area contributed by atoms with Gasteiger partial charge in [-0.1, -0.05) is 11.8 Å². The van der Waals surface area contributed by atoms with Gasteiger partial charge in [0.1, 0.15) is 0 Å². The molecular weight excluding hydrogens is 282 g/mol. The van der Waals surface area contributed by atoms with Crippen LogP contribution in [0.2, 0.25) is 0 Å². The van der Waals surface area contributed by atoms with Gasteiger partial charge in [-0.25, -0.2) is 0 Å². The number of thioether (sulfide) groups is 1. The number of aliphatic carboxylic acids is 1. The van der Waals surface area contributed by atoms with Gasteiger partial charge in [0.15, 0.2) is 5.82 Å². The number of hydrogen-bond acceptors (Lipinski definition) is 7. The SMILES string of the molecule is O=C(O)CC1=Nn2c(CN3CCOCC3)nnc2SC1. The lowest BCUT2D eigenvalue weighted by molar-refractivity contribution is -0.135. The van der Waals surface area contributed by atoms with Crippen molar-refractivity contribution in [3.63, 3.8) is 0 Å². The highest BCUT2D eigenvalue weighted by atomic mass is 32.2. The zero-order valence-corrected chi connectivity index (χ0v) is 11.7. The third-order valence-corrected chi connectivity index (χ3v) is 4.10. The highest BCUT2D eigenvalue weighted by Crippen LogP contribution is 2.23. The van der Waals surface area contributed by atoms with Crippen molar-refractivity contribution in [2.45, 2.75) is 18.1 Å². The van der Waals surface area contributed by atoms with E-state index in [0.29, 0.717) is 18.0 Å². The molecule has 2 aliphatic heterocycles. The Labute approximate surface area is 119 Å². The summed E-state index contributed by atoms with van der Waals surface area (Å²) in [4.78, 5) is 13.0. The normalized spacial score (nSPS) is 19.5. The fraction of sp³-hybridized carbons (Fsp3) is 0.636. The molecule has 2 aliphatic rings. The van der Waals surface area contributed by atoms with Crippen LogP contribution < -0.4 is 0 Å². The van der Waals surface area contributed by atoms with Crippen LogP contribution >= 0.6 is 11.8 Å². The van der Waals surface area contributed by atoms with Crippen LogP contribution in [0, 0.1) is 0 Å². The number of carbonyl (C=O) groups is 1. The van der Waals surface area contributed by atoms with Crippen molar-refractivity contribution in [2.24, 2.45) is 5.10 Å². The van der Waals surface area contributed by atoms with Crippen LogP contribution in [0.1, 0.15) is 12.2 Å². The second kappa shape index (κ2) is 5.90. The molecule has 0 bridgehead atoms. The number of nitrogens with zero attached hydrogens (tertiary/aromatic N) is 5. The van der Waals surface area contributed by atoms with Gasteiger partial charge in [0.05, 0.1) is 31.9 Å². The molecule has 0 saturated carbocycles. The number of hydrogen-bond donors (Lipinski definition) is 1. The van der Waals surface area contributed by atoms with Crippen molar-refractivity contribution < 1.29 is 14.6 Å².